The first-order valence-corrected chi connectivity index (χ1v) is 8.21. The molecule has 2 N–H and O–H groups in total. The second-order valence-corrected chi connectivity index (χ2v) is 6.29. The summed E-state index contributed by atoms with van der Waals surface area (Å²) < 4.78 is 6.19. The fraction of sp³-hybridized carbons (Fsp3) is 0.188. The molecule has 1 amide bonds. The van der Waals surface area contributed by atoms with Crippen molar-refractivity contribution in [3.63, 3.8) is 0 Å². The zero-order chi connectivity index (χ0) is 18.6. The van der Waals surface area contributed by atoms with Crippen molar-refractivity contribution in [3.8, 4) is 0 Å². The number of ether oxygens (including phenoxy) is 1. The standard InChI is InChI=1S/C16H14Cl3N3O3/c1-9-12(4-5-15(24)25-8-14(20)23)16(19)22(21-9)7-10-2-3-11(17)6-13(10)18/h2-6H,7-8H2,1H3,(H2,20,23)/b5-4+. The van der Waals surface area contributed by atoms with Crippen molar-refractivity contribution >= 4 is 52.8 Å². The van der Waals surface area contributed by atoms with Gasteiger partial charge in [-0.2, -0.15) is 5.10 Å². The highest BCUT2D eigenvalue weighted by Crippen LogP contribution is 2.26. The third kappa shape index (κ3) is 5.22. The van der Waals surface area contributed by atoms with Crippen LogP contribution in [0.5, 0.6) is 0 Å². The van der Waals surface area contributed by atoms with E-state index in [4.69, 9.17) is 40.5 Å². The molecule has 6 nitrogen and oxygen atoms in total. The first kappa shape index (κ1) is 19.3. The summed E-state index contributed by atoms with van der Waals surface area (Å²) in [5.74, 6) is -1.44. The summed E-state index contributed by atoms with van der Waals surface area (Å²) >= 11 is 18.4. The average Bonchev–Trinajstić information content (AvgIpc) is 2.80. The van der Waals surface area contributed by atoms with Crippen LogP contribution >= 0.6 is 34.8 Å². The number of nitrogens with zero attached hydrogens (tertiary/aromatic N) is 2. The predicted octanol–water partition coefficient (Wildman–Crippen LogP) is 3.24. The maximum absolute atomic E-state index is 11.5. The van der Waals surface area contributed by atoms with Crippen molar-refractivity contribution < 1.29 is 14.3 Å². The number of primary amides is 1. The molecule has 0 radical (unpaired) electrons. The van der Waals surface area contributed by atoms with Crippen LogP contribution in [0.25, 0.3) is 6.08 Å². The van der Waals surface area contributed by atoms with Crippen LogP contribution in [0.3, 0.4) is 0 Å². The van der Waals surface area contributed by atoms with Crippen LogP contribution in [0, 0.1) is 6.92 Å². The molecule has 0 aliphatic rings. The van der Waals surface area contributed by atoms with Gasteiger partial charge < -0.3 is 10.5 Å². The normalized spacial score (nSPS) is 11.0. The third-order valence-corrected chi connectivity index (χ3v) is 4.17. The summed E-state index contributed by atoms with van der Waals surface area (Å²) in [6.07, 6.45) is 2.62. The van der Waals surface area contributed by atoms with Gasteiger partial charge in [-0.25, -0.2) is 9.48 Å². The summed E-state index contributed by atoms with van der Waals surface area (Å²) in [4.78, 5) is 22.1. The number of halogens is 3. The summed E-state index contributed by atoms with van der Waals surface area (Å²) in [7, 11) is 0. The zero-order valence-corrected chi connectivity index (χ0v) is 15.4. The van der Waals surface area contributed by atoms with E-state index in [1.165, 1.54) is 6.08 Å². The van der Waals surface area contributed by atoms with Gasteiger partial charge >= 0.3 is 5.97 Å². The lowest BCUT2D eigenvalue weighted by Crippen LogP contribution is -2.19. The number of nitrogens with two attached hydrogens (primary N) is 1. The lowest BCUT2D eigenvalue weighted by molar-refractivity contribution is -0.142. The van der Waals surface area contributed by atoms with E-state index in [-0.39, 0.29) is 0 Å². The van der Waals surface area contributed by atoms with Gasteiger partial charge in [-0.15, -0.1) is 0 Å². The molecule has 0 aliphatic carbocycles. The maximum atomic E-state index is 11.5. The average molecular weight is 403 g/mol. The van der Waals surface area contributed by atoms with Crippen molar-refractivity contribution in [2.75, 3.05) is 6.61 Å². The highest BCUT2D eigenvalue weighted by atomic mass is 35.5. The Morgan fingerprint density at radius 1 is 1.32 bits per heavy atom. The molecule has 0 unspecified atom stereocenters. The van der Waals surface area contributed by atoms with Crippen LogP contribution in [0.2, 0.25) is 15.2 Å². The molecule has 1 heterocycles. The first-order chi connectivity index (χ1) is 11.8. The fourth-order valence-electron chi connectivity index (χ4n) is 2.01. The minimum atomic E-state index is -0.733. The van der Waals surface area contributed by atoms with Gasteiger partial charge in [0.25, 0.3) is 5.91 Å². The second kappa shape index (κ2) is 8.38. The number of aromatic nitrogens is 2. The van der Waals surface area contributed by atoms with Gasteiger partial charge in [0.2, 0.25) is 0 Å². The van der Waals surface area contributed by atoms with Crippen LogP contribution in [0.1, 0.15) is 16.8 Å². The molecule has 0 bridgehead atoms. The third-order valence-electron chi connectivity index (χ3n) is 3.19. The van der Waals surface area contributed by atoms with Gasteiger partial charge in [-0.1, -0.05) is 40.9 Å². The number of hydrogen-bond acceptors (Lipinski definition) is 4. The molecule has 1 aromatic heterocycles. The van der Waals surface area contributed by atoms with Gasteiger partial charge in [0.15, 0.2) is 6.61 Å². The summed E-state index contributed by atoms with van der Waals surface area (Å²) in [5, 5.41) is 5.71. The molecular weight excluding hydrogens is 389 g/mol. The molecule has 0 atom stereocenters. The Bertz CT molecular complexity index is 847. The van der Waals surface area contributed by atoms with Crippen LogP contribution in [0.4, 0.5) is 0 Å². The Morgan fingerprint density at radius 2 is 2.04 bits per heavy atom. The van der Waals surface area contributed by atoms with Crippen molar-refractivity contribution in [1.82, 2.24) is 9.78 Å². The van der Waals surface area contributed by atoms with E-state index in [0.29, 0.717) is 33.0 Å². The highest BCUT2D eigenvalue weighted by molar-refractivity contribution is 6.35. The Balaban J connectivity index is 2.17. The number of rotatable bonds is 6. The topological polar surface area (TPSA) is 87.2 Å². The zero-order valence-electron chi connectivity index (χ0n) is 13.1. The Hall–Kier alpha value is -2.02. The maximum Gasteiger partial charge on any atom is 0.331 e. The van der Waals surface area contributed by atoms with Gasteiger partial charge in [0.1, 0.15) is 5.15 Å². The van der Waals surface area contributed by atoms with E-state index < -0.39 is 18.5 Å². The van der Waals surface area contributed by atoms with Gasteiger partial charge in [-0.05, 0) is 30.7 Å². The molecule has 1 aromatic carbocycles. The van der Waals surface area contributed by atoms with E-state index in [9.17, 15) is 9.59 Å². The van der Waals surface area contributed by atoms with Crippen molar-refractivity contribution in [3.05, 3.63) is 56.3 Å². The molecular formula is C16H14Cl3N3O3. The lowest BCUT2D eigenvalue weighted by Gasteiger charge is -2.06. The van der Waals surface area contributed by atoms with E-state index >= 15 is 0 Å². The minimum Gasteiger partial charge on any atom is -0.452 e. The monoisotopic (exact) mass is 401 g/mol. The largest absolute Gasteiger partial charge is 0.452 e. The summed E-state index contributed by atoms with van der Waals surface area (Å²) in [6, 6.07) is 5.15. The van der Waals surface area contributed by atoms with Crippen molar-refractivity contribution in [2.45, 2.75) is 13.5 Å². The highest BCUT2D eigenvalue weighted by Gasteiger charge is 2.13. The molecule has 2 aromatic rings. The molecule has 0 spiro atoms. The molecule has 0 aliphatic heterocycles. The van der Waals surface area contributed by atoms with E-state index in [1.807, 2.05) is 0 Å². The number of carbonyl (C=O) groups is 2. The number of hydrogen-bond donors (Lipinski definition) is 1. The van der Waals surface area contributed by atoms with Crippen LogP contribution in [-0.2, 0) is 20.9 Å². The number of carbonyl (C=O) groups excluding carboxylic acids is 2. The number of esters is 1. The first-order valence-electron chi connectivity index (χ1n) is 7.08. The van der Waals surface area contributed by atoms with Gasteiger partial charge in [0, 0.05) is 21.7 Å². The number of aryl methyl sites for hydroxylation is 1. The van der Waals surface area contributed by atoms with Crippen LogP contribution in [0.15, 0.2) is 24.3 Å². The number of amides is 1. The molecule has 0 saturated carbocycles. The lowest BCUT2D eigenvalue weighted by atomic mass is 10.2. The Morgan fingerprint density at radius 3 is 2.68 bits per heavy atom. The second-order valence-electron chi connectivity index (χ2n) is 5.09. The molecule has 132 valence electrons. The molecule has 25 heavy (non-hydrogen) atoms. The summed E-state index contributed by atoms with van der Waals surface area (Å²) in [5.41, 5.74) is 6.88. The Labute approximate surface area is 159 Å². The van der Waals surface area contributed by atoms with E-state index in [1.54, 1.807) is 29.8 Å². The molecule has 0 fully saturated rings. The van der Waals surface area contributed by atoms with Crippen LogP contribution < -0.4 is 5.73 Å². The summed E-state index contributed by atoms with van der Waals surface area (Å²) in [6.45, 7) is 1.61. The molecule has 9 heteroatoms. The molecule has 2 rings (SSSR count). The van der Waals surface area contributed by atoms with Crippen molar-refractivity contribution in [2.24, 2.45) is 5.73 Å². The van der Waals surface area contributed by atoms with E-state index in [0.717, 1.165) is 11.6 Å². The van der Waals surface area contributed by atoms with E-state index in [2.05, 4.69) is 9.84 Å². The number of benzene rings is 1. The fourth-order valence-corrected chi connectivity index (χ4v) is 2.78. The molecule has 0 saturated heterocycles. The smallest absolute Gasteiger partial charge is 0.331 e. The minimum absolute atomic E-state index is 0.336. The predicted molar refractivity (Wildman–Crippen MR) is 96.7 cm³/mol. The van der Waals surface area contributed by atoms with Crippen molar-refractivity contribution in [1.29, 1.82) is 0 Å². The SMILES string of the molecule is Cc1nn(Cc2ccc(Cl)cc2Cl)c(Cl)c1/C=C/C(=O)OCC(N)=O. The Kier molecular flexibility index (Phi) is 6.47. The van der Waals surface area contributed by atoms with Crippen LogP contribution in [-0.4, -0.2) is 28.3 Å². The van der Waals surface area contributed by atoms with Gasteiger partial charge in [-0.3, -0.25) is 4.79 Å². The van der Waals surface area contributed by atoms with Gasteiger partial charge in [0.05, 0.1) is 12.2 Å². The quantitative estimate of drug-likeness (QED) is 0.593.